The number of aliphatic hydroxyl groups is 1. The predicted molar refractivity (Wildman–Crippen MR) is 77.6 cm³/mol. The maximum Gasteiger partial charge on any atom is 0.110 e. The van der Waals surface area contributed by atoms with Gasteiger partial charge in [-0.05, 0) is 36.8 Å². The minimum atomic E-state index is -0.356. The topological polar surface area (TPSA) is 38.7 Å². The van der Waals surface area contributed by atoms with E-state index in [4.69, 9.17) is 9.47 Å². The van der Waals surface area contributed by atoms with E-state index in [2.05, 4.69) is 31.2 Å². The van der Waals surface area contributed by atoms with E-state index in [1.54, 1.807) is 0 Å². The summed E-state index contributed by atoms with van der Waals surface area (Å²) >= 11 is 0. The van der Waals surface area contributed by atoms with Gasteiger partial charge >= 0.3 is 0 Å². The molecule has 0 heterocycles. The van der Waals surface area contributed by atoms with Gasteiger partial charge in [0, 0.05) is 13.0 Å². The predicted octanol–water partition coefficient (Wildman–Crippen LogP) is 3.01. The van der Waals surface area contributed by atoms with Crippen molar-refractivity contribution >= 4 is 0 Å². The van der Waals surface area contributed by atoms with Crippen LogP contribution in [-0.2, 0) is 15.9 Å². The standard InChI is InChI=1S/C17H24O3/c1-2-10-19-17-14(18)11-16(17)20-15-9-5-7-12-6-3-4-8-13(12)15/h3-4,6,8,14-18H,2,5,7,9-11H2,1H3. The van der Waals surface area contributed by atoms with Crippen LogP contribution in [0.15, 0.2) is 24.3 Å². The molecule has 0 saturated heterocycles. The van der Waals surface area contributed by atoms with E-state index in [1.807, 2.05) is 0 Å². The zero-order chi connectivity index (χ0) is 13.9. The van der Waals surface area contributed by atoms with Crippen molar-refractivity contribution in [2.75, 3.05) is 6.61 Å². The summed E-state index contributed by atoms with van der Waals surface area (Å²) < 4.78 is 12.0. The van der Waals surface area contributed by atoms with Gasteiger partial charge in [-0.25, -0.2) is 0 Å². The lowest BCUT2D eigenvalue weighted by Gasteiger charge is -2.43. The van der Waals surface area contributed by atoms with Gasteiger partial charge in [-0.1, -0.05) is 31.2 Å². The van der Waals surface area contributed by atoms with Crippen LogP contribution >= 0.6 is 0 Å². The van der Waals surface area contributed by atoms with Gasteiger partial charge in [0.25, 0.3) is 0 Å². The first-order valence-electron chi connectivity index (χ1n) is 7.82. The molecule has 0 radical (unpaired) electrons. The van der Waals surface area contributed by atoms with Crippen LogP contribution in [0, 0.1) is 0 Å². The van der Waals surface area contributed by atoms with Crippen LogP contribution in [0.5, 0.6) is 0 Å². The highest BCUT2D eigenvalue weighted by molar-refractivity contribution is 5.31. The summed E-state index contributed by atoms with van der Waals surface area (Å²) in [6, 6.07) is 8.56. The zero-order valence-corrected chi connectivity index (χ0v) is 12.1. The van der Waals surface area contributed by atoms with E-state index in [1.165, 1.54) is 17.5 Å². The Labute approximate surface area is 120 Å². The highest BCUT2D eigenvalue weighted by Gasteiger charge is 2.43. The summed E-state index contributed by atoms with van der Waals surface area (Å²) in [6.07, 6.45) is 4.81. The third-order valence-electron chi connectivity index (χ3n) is 4.39. The van der Waals surface area contributed by atoms with E-state index in [0.717, 1.165) is 19.3 Å². The lowest BCUT2D eigenvalue weighted by molar-refractivity contribution is -0.210. The van der Waals surface area contributed by atoms with Crippen LogP contribution in [0.3, 0.4) is 0 Å². The van der Waals surface area contributed by atoms with E-state index in [9.17, 15) is 5.11 Å². The summed E-state index contributed by atoms with van der Waals surface area (Å²) in [5.74, 6) is 0. The van der Waals surface area contributed by atoms with Crippen LogP contribution < -0.4 is 0 Å². The molecule has 3 nitrogen and oxygen atoms in total. The fraction of sp³-hybridized carbons (Fsp3) is 0.647. The Bertz CT molecular complexity index is 446. The Morgan fingerprint density at radius 2 is 2.15 bits per heavy atom. The number of ether oxygens (including phenoxy) is 2. The third-order valence-corrected chi connectivity index (χ3v) is 4.39. The summed E-state index contributed by atoms with van der Waals surface area (Å²) in [6.45, 7) is 2.78. The number of aliphatic hydroxyl groups excluding tert-OH is 1. The number of benzene rings is 1. The van der Waals surface area contributed by atoms with Crippen molar-refractivity contribution in [2.24, 2.45) is 0 Å². The molecule has 1 aromatic rings. The average molecular weight is 276 g/mol. The molecule has 20 heavy (non-hydrogen) atoms. The lowest BCUT2D eigenvalue weighted by atomic mass is 9.85. The molecule has 3 heteroatoms. The normalized spacial score (nSPS) is 32.5. The Morgan fingerprint density at radius 3 is 2.95 bits per heavy atom. The molecule has 4 unspecified atom stereocenters. The van der Waals surface area contributed by atoms with Crippen LogP contribution in [0.25, 0.3) is 0 Å². The van der Waals surface area contributed by atoms with Crippen molar-refractivity contribution in [1.29, 1.82) is 0 Å². The highest BCUT2D eigenvalue weighted by Crippen LogP contribution is 2.37. The summed E-state index contributed by atoms with van der Waals surface area (Å²) in [7, 11) is 0. The van der Waals surface area contributed by atoms with Gasteiger partial charge < -0.3 is 14.6 Å². The molecule has 0 amide bonds. The van der Waals surface area contributed by atoms with Gasteiger partial charge in [0.1, 0.15) is 6.10 Å². The first-order valence-corrected chi connectivity index (χ1v) is 7.82. The maximum absolute atomic E-state index is 9.82. The number of fused-ring (bicyclic) bond motifs is 1. The molecule has 1 N–H and O–H groups in total. The van der Waals surface area contributed by atoms with Gasteiger partial charge in [-0.15, -0.1) is 0 Å². The quantitative estimate of drug-likeness (QED) is 0.898. The van der Waals surface area contributed by atoms with Crippen molar-refractivity contribution in [3.05, 3.63) is 35.4 Å². The molecule has 2 aliphatic rings. The van der Waals surface area contributed by atoms with Crippen LogP contribution in [-0.4, -0.2) is 30.0 Å². The Kier molecular flexibility index (Phi) is 4.39. The second-order valence-electron chi connectivity index (χ2n) is 5.89. The van der Waals surface area contributed by atoms with Gasteiger partial charge in [0.2, 0.25) is 0 Å². The van der Waals surface area contributed by atoms with Crippen molar-refractivity contribution in [1.82, 2.24) is 0 Å². The molecule has 0 aliphatic heterocycles. The molecule has 110 valence electrons. The Hall–Kier alpha value is -0.900. The lowest BCUT2D eigenvalue weighted by Crippen LogP contribution is -2.54. The molecule has 3 rings (SSSR count). The molecular formula is C17H24O3. The average Bonchev–Trinajstić information content (AvgIpc) is 2.47. The Balaban J connectivity index is 1.64. The first kappa shape index (κ1) is 14.1. The van der Waals surface area contributed by atoms with Crippen molar-refractivity contribution < 1.29 is 14.6 Å². The molecule has 0 spiro atoms. The van der Waals surface area contributed by atoms with Crippen molar-refractivity contribution in [3.63, 3.8) is 0 Å². The zero-order valence-electron chi connectivity index (χ0n) is 12.1. The van der Waals surface area contributed by atoms with Crippen LogP contribution in [0.4, 0.5) is 0 Å². The van der Waals surface area contributed by atoms with E-state index in [0.29, 0.717) is 13.0 Å². The van der Waals surface area contributed by atoms with Crippen LogP contribution in [0.2, 0.25) is 0 Å². The summed E-state index contributed by atoms with van der Waals surface area (Å²) in [5.41, 5.74) is 2.74. The molecule has 0 aromatic heterocycles. The smallest absolute Gasteiger partial charge is 0.110 e. The number of rotatable bonds is 5. The molecule has 1 aromatic carbocycles. The van der Waals surface area contributed by atoms with Crippen LogP contribution in [0.1, 0.15) is 49.8 Å². The van der Waals surface area contributed by atoms with Gasteiger partial charge in [-0.2, -0.15) is 0 Å². The molecule has 0 bridgehead atoms. The second kappa shape index (κ2) is 6.25. The summed E-state index contributed by atoms with van der Waals surface area (Å²) in [4.78, 5) is 0. The number of hydrogen-bond acceptors (Lipinski definition) is 3. The fourth-order valence-electron chi connectivity index (χ4n) is 3.23. The monoisotopic (exact) mass is 276 g/mol. The Morgan fingerprint density at radius 1 is 1.30 bits per heavy atom. The van der Waals surface area contributed by atoms with E-state index >= 15 is 0 Å². The minimum absolute atomic E-state index is 0.0488. The maximum atomic E-state index is 9.82. The second-order valence-corrected chi connectivity index (χ2v) is 5.89. The van der Waals surface area contributed by atoms with Gasteiger partial charge in [-0.3, -0.25) is 0 Å². The van der Waals surface area contributed by atoms with Crippen molar-refractivity contribution in [3.8, 4) is 0 Å². The molecule has 2 aliphatic carbocycles. The molecular weight excluding hydrogens is 252 g/mol. The van der Waals surface area contributed by atoms with Crippen molar-refractivity contribution in [2.45, 2.75) is 63.4 Å². The number of aryl methyl sites for hydroxylation is 1. The van der Waals surface area contributed by atoms with E-state index < -0.39 is 0 Å². The summed E-state index contributed by atoms with van der Waals surface area (Å²) in [5, 5.41) is 9.82. The fourth-order valence-corrected chi connectivity index (χ4v) is 3.23. The van der Waals surface area contributed by atoms with Gasteiger partial charge in [0.15, 0.2) is 0 Å². The largest absolute Gasteiger partial charge is 0.390 e. The molecule has 1 fully saturated rings. The van der Waals surface area contributed by atoms with E-state index in [-0.39, 0.29) is 24.4 Å². The first-order chi connectivity index (χ1) is 9.79. The molecule has 1 saturated carbocycles. The van der Waals surface area contributed by atoms with Gasteiger partial charge in [0.05, 0.1) is 18.3 Å². The minimum Gasteiger partial charge on any atom is -0.390 e. The number of hydrogen-bond donors (Lipinski definition) is 1. The molecule has 4 atom stereocenters. The highest BCUT2D eigenvalue weighted by atomic mass is 16.6. The SMILES string of the molecule is CCCOC1C(O)CC1OC1CCCc2ccccc21. The third kappa shape index (κ3) is 2.76.